The highest BCUT2D eigenvalue weighted by molar-refractivity contribution is 6.01. The van der Waals surface area contributed by atoms with E-state index in [0.29, 0.717) is 25.3 Å². The number of benzene rings is 2. The van der Waals surface area contributed by atoms with Gasteiger partial charge in [-0.25, -0.2) is 0 Å². The number of aliphatic hydroxyl groups excluding tert-OH is 1. The van der Waals surface area contributed by atoms with Crippen molar-refractivity contribution in [2.45, 2.75) is 51.5 Å². The second-order valence-electron chi connectivity index (χ2n) is 10.4. The summed E-state index contributed by atoms with van der Waals surface area (Å²) in [4.78, 5) is 32.8. The zero-order valence-corrected chi connectivity index (χ0v) is 21.9. The van der Waals surface area contributed by atoms with Gasteiger partial charge in [0.1, 0.15) is 0 Å². The van der Waals surface area contributed by atoms with Crippen LogP contribution in [-0.4, -0.2) is 90.1 Å². The molecule has 1 N–H and O–H groups in total. The number of ether oxygens (including phenoxy) is 1. The van der Waals surface area contributed by atoms with E-state index in [2.05, 4.69) is 11.8 Å². The second kappa shape index (κ2) is 11.5. The molecule has 0 bridgehead atoms. The molecule has 194 valence electrons. The number of fused-ring (bicyclic) bond motifs is 3. The Hall–Kier alpha value is -2.74. The summed E-state index contributed by atoms with van der Waals surface area (Å²) in [5.41, 5.74) is 3.44. The van der Waals surface area contributed by atoms with Gasteiger partial charge in [0, 0.05) is 31.6 Å². The van der Waals surface area contributed by atoms with Crippen molar-refractivity contribution in [2.75, 3.05) is 40.3 Å². The summed E-state index contributed by atoms with van der Waals surface area (Å²) in [6.45, 7) is 5.97. The molecule has 0 aliphatic carbocycles. The van der Waals surface area contributed by atoms with Crippen LogP contribution in [0.4, 0.5) is 0 Å². The van der Waals surface area contributed by atoms with Crippen LogP contribution in [0.2, 0.25) is 0 Å². The van der Waals surface area contributed by atoms with Gasteiger partial charge in [-0.05, 0) is 56.1 Å². The third-order valence-electron chi connectivity index (χ3n) is 7.73. The zero-order chi connectivity index (χ0) is 25.8. The van der Waals surface area contributed by atoms with Crippen molar-refractivity contribution < 1.29 is 19.4 Å². The monoisotopic (exact) mass is 493 g/mol. The molecule has 2 heterocycles. The smallest absolute Gasteiger partial charge is 0.254 e. The first-order valence-electron chi connectivity index (χ1n) is 13.0. The van der Waals surface area contributed by atoms with Crippen LogP contribution in [0, 0.1) is 5.92 Å². The van der Waals surface area contributed by atoms with E-state index in [1.54, 1.807) is 9.80 Å². The largest absolute Gasteiger partial charge is 0.394 e. The molecule has 36 heavy (non-hydrogen) atoms. The van der Waals surface area contributed by atoms with Crippen molar-refractivity contribution >= 4 is 11.8 Å². The molecular weight excluding hydrogens is 454 g/mol. The van der Waals surface area contributed by atoms with Crippen molar-refractivity contribution in [2.24, 2.45) is 5.92 Å². The van der Waals surface area contributed by atoms with Gasteiger partial charge in [-0.2, -0.15) is 0 Å². The summed E-state index contributed by atoms with van der Waals surface area (Å²) in [6, 6.07) is 15.2. The molecule has 2 aromatic rings. The molecule has 0 unspecified atom stereocenters. The van der Waals surface area contributed by atoms with Gasteiger partial charge in [0.2, 0.25) is 5.91 Å². The Morgan fingerprint density at radius 2 is 1.81 bits per heavy atom. The van der Waals surface area contributed by atoms with E-state index in [-0.39, 0.29) is 42.5 Å². The number of hydrogen-bond acceptors (Lipinski definition) is 5. The lowest BCUT2D eigenvalue weighted by Crippen LogP contribution is -2.49. The van der Waals surface area contributed by atoms with Gasteiger partial charge in [0.05, 0.1) is 31.4 Å². The van der Waals surface area contributed by atoms with Crippen LogP contribution in [0.15, 0.2) is 48.5 Å². The highest BCUT2D eigenvalue weighted by Gasteiger charge is 2.34. The Morgan fingerprint density at radius 3 is 2.47 bits per heavy atom. The molecule has 4 rings (SSSR count). The van der Waals surface area contributed by atoms with E-state index in [0.717, 1.165) is 36.1 Å². The molecule has 1 fully saturated rings. The molecule has 2 amide bonds. The molecule has 2 aliphatic rings. The minimum Gasteiger partial charge on any atom is -0.394 e. The van der Waals surface area contributed by atoms with E-state index in [4.69, 9.17) is 4.74 Å². The van der Waals surface area contributed by atoms with E-state index in [9.17, 15) is 14.7 Å². The van der Waals surface area contributed by atoms with E-state index in [1.165, 1.54) is 0 Å². The highest BCUT2D eigenvalue weighted by Crippen LogP contribution is 2.31. The minimum atomic E-state index is -0.351. The number of carbonyl (C=O) groups is 2. The molecule has 1 saturated heterocycles. The first-order chi connectivity index (χ1) is 17.3. The van der Waals surface area contributed by atoms with Crippen molar-refractivity contribution in [3.05, 3.63) is 59.7 Å². The lowest BCUT2D eigenvalue weighted by atomic mass is 9.94. The number of carbonyl (C=O) groups excluding carboxylic acids is 2. The Kier molecular flexibility index (Phi) is 8.44. The number of hydrogen-bond donors (Lipinski definition) is 1. The summed E-state index contributed by atoms with van der Waals surface area (Å²) in [5, 5.41) is 9.99. The Labute approximate surface area is 214 Å². The first-order valence-corrected chi connectivity index (χ1v) is 13.0. The number of amides is 2. The lowest BCUT2D eigenvalue weighted by molar-refractivity contribution is -0.137. The van der Waals surface area contributed by atoms with Crippen LogP contribution in [0.3, 0.4) is 0 Å². The summed E-state index contributed by atoms with van der Waals surface area (Å²) in [7, 11) is 3.85. The fraction of sp³-hybridized carbons (Fsp3) is 0.517. The number of aliphatic hydroxyl groups is 1. The molecule has 0 saturated carbocycles. The zero-order valence-electron chi connectivity index (χ0n) is 21.9. The van der Waals surface area contributed by atoms with E-state index in [1.807, 2.05) is 69.6 Å². The number of likely N-dealkylation sites (N-methyl/N-ethyl adjacent to an activating group) is 2. The van der Waals surface area contributed by atoms with Crippen LogP contribution < -0.4 is 0 Å². The molecule has 7 nitrogen and oxygen atoms in total. The normalized spacial score (nSPS) is 24.0. The third-order valence-corrected chi connectivity index (χ3v) is 7.73. The van der Waals surface area contributed by atoms with Gasteiger partial charge in [-0.1, -0.05) is 49.4 Å². The van der Waals surface area contributed by atoms with Crippen molar-refractivity contribution in [3.63, 3.8) is 0 Å². The number of likely N-dealkylation sites (tertiary alicyclic amines) is 1. The van der Waals surface area contributed by atoms with Crippen LogP contribution in [-0.2, 0) is 16.1 Å². The fourth-order valence-electron chi connectivity index (χ4n) is 5.39. The highest BCUT2D eigenvalue weighted by atomic mass is 16.5. The van der Waals surface area contributed by atoms with Crippen LogP contribution >= 0.6 is 0 Å². The van der Waals surface area contributed by atoms with Crippen molar-refractivity contribution in [1.29, 1.82) is 0 Å². The topological polar surface area (TPSA) is 73.3 Å². The summed E-state index contributed by atoms with van der Waals surface area (Å²) >= 11 is 0. The van der Waals surface area contributed by atoms with Crippen molar-refractivity contribution in [1.82, 2.24) is 14.7 Å². The summed E-state index contributed by atoms with van der Waals surface area (Å²) < 4.78 is 6.53. The maximum absolute atomic E-state index is 13.9. The van der Waals surface area contributed by atoms with Gasteiger partial charge in [-0.15, -0.1) is 0 Å². The predicted molar refractivity (Wildman–Crippen MR) is 140 cm³/mol. The summed E-state index contributed by atoms with van der Waals surface area (Å²) in [6.07, 6.45) is 1.63. The van der Waals surface area contributed by atoms with Gasteiger partial charge in [0.15, 0.2) is 0 Å². The van der Waals surface area contributed by atoms with Crippen LogP contribution in [0.25, 0.3) is 11.1 Å². The molecule has 7 heteroatoms. The third kappa shape index (κ3) is 5.48. The quantitative estimate of drug-likeness (QED) is 0.692. The van der Waals surface area contributed by atoms with Gasteiger partial charge >= 0.3 is 0 Å². The van der Waals surface area contributed by atoms with Crippen molar-refractivity contribution in [3.8, 4) is 11.1 Å². The van der Waals surface area contributed by atoms with Gasteiger partial charge in [0.25, 0.3) is 5.91 Å². The van der Waals surface area contributed by atoms with Crippen LogP contribution in [0.5, 0.6) is 0 Å². The average Bonchev–Trinajstić information content (AvgIpc) is 3.33. The minimum absolute atomic E-state index is 0.0584. The van der Waals surface area contributed by atoms with Crippen LogP contribution in [0.1, 0.15) is 42.6 Å². The SMILES string of the molecule is C[C@@H]1CN([C@@H](C)CO)C(=O)c2ccccc2-c2ccccc2CO[C@@H]1CN(C)C(=O)[C@@H]1CCCN1C. The van der Waals surface area contributed by atoms with Gasteiger partial charge < -0.3 is 19.6 Å². The molecule has 0 aromatic heterocycles. The van der Waals surface area contributed by atoms with E-state index < -0.39 is 0 Å². The predicted octanol–water partition coefficient (Wildman–Crippen LogP) is 3.26. The van der Waals surface area contributed by atoms with E-state index >= 15 is 0 Å². The maximum Gasteiger partial charge on any atom is 0.254 e. The fourth-order valence-corrected chi connectivity index (χ4v) is 5.39. The number of rotatable bonds is 5. The molecule has 2 aliphatic heterocycles. The molecule has 4 atom stereocenters. The average molecular weight is 494 g/mol. The summed E-state index contributed by atoms with van der Waals surface area (Å²) in [5.74, 6) is -0.0482. The molecule has 2 aromatic carbocycles. The first kappa shape index (κ1) is 26.3. The Morgan fingerprint density at radius 1 is 1.14 bits per heavy atom. The lowest BCUT2D eigenvalue weighted by Gasteiger charge is -2.35. The molecule has 0 radical (unpaired) electrons. The number of nitrogens with zero attached hydrogens (tertiary/aromatic N) is 3. The maximum atomic E-state index is 13.9. The Balaban J connectivity index is 1.68. The molecule has 0 spiro atoms. The standard InChI is InChI=1S/C29H39N3O4/c1-20-16-32(21(2)18-33)28(34)25-13-8-7-12-24(25)23-11-6-5-10-22(23)19-36-27(20)17-31(4)29(35)26-14-9-15-30(26)3/h5-8,10-13,20-21,26-27,33H,9,14-19H2,1-4H3/t20-,21+,26+,27-/m1/s1. The van der Waals surface area contributed by atoms with Gasteiger partial charge in [-0.3, -0.25) is 14.5 Å². The molecular formula is C29H39N3O4. The second-order valence-corrected chi connectivity index (χ2v) is 10.4. The Bertz CT molecular complexity index is 1070.